The molecule has 0 aromatic heterocycles. The molecule has 3 saturated heterocycles. The summed E-state index contributed by atoms with van der Waals surface area (Å²) in [6, 6.07) is 7.16. The predicted molar refractivity (Wildman–Crippen MR) is 77.5 cm³/mol. The molecule has 0 saturated carbocycles. The van der Waals surface area contributed by atoms with Crippen LogP contribution in [0.4, 0.5) is 0 Å². The van der Waals surface area contributed by atoms with Crippen molar-refractivity contribution in [1.29, 1.82) is 0 Å². The molecule has 1 atom stereocenters. The van der Waals surface area contributed by atoms with E-state index in [4.69, 9.17) is 14.2 Å². The van der Waals surface area contributed by atoms with E-state index >= 15 is 0 Å². The zero-order chi connectivity index (χ0) is 14.7. The molecule has 3 aliphatic rings. The molecule has 2 bridgehead atoms. The van der Waals surface area contributed by atoms with Gasteiger partial charge in [-0.1, -0.05) is 0 Å². The lowest BCUT2D eigenvalue weighted by Crippen LogP contribution is -2.52. The van der Waals surface area contributed by atoms with E-state index in [1.807, 2.05) is 0 Å². The Morgan fingerprint density at radius 1 is 1.19 bits per heavy atom. The molecular weight excluding hydrogens is 270 g/mol. The van der Waals surface area contributed by atoms with Crippen molar-refractivity contribution in [3.05, 3.63) is 24.3 Å². The van der Waals surface area contributed by atoms with E-state index in [0.29, 0.717) is 11.7 Å². The number of carbonyl (C=O) groups excluding carboxylic acids is 1. The molecule has 5 heteroatoms. The van der Waals surface area contributed by atoms with E-state index < -0.39 is 0 Å². The van der Waals surface area contributed by atoms with Gasteiger partial charge in [0.2, 0.25) is 0 Å². The third kappa shape index (κ3) is 3.47. The van der Waals surface area contributed by atoms with E-state index in [9.17, 15) is 4.79 Å². The first-order valence-electron chi connectivity index (χ1n) is 7.43. The van der Waals surface area contributed by atoms with Crippen LogP contribution in [-0.4, -0.2) is 50.3 Å². The Labute approximate surface area is 124 Å². The number of hydrogen-bond donors (Lipinski definition) is 0. The van der Waals surface area contributed by atoms with Crippen LogP contribution in [-0.2, 0) is 9.53 Å². The molecule has 0 radical (unpaired) electrons. The molecule has 0 unspecified atom stereocenters. The van der Waals surface area contributed by atoms with Crippen molar-refractivity contribution in [2.24, 2.45) is 5.92 Å². The zero-order valence-corrected chi connectivity index (χ0v) is 12.3. The molecule has 114 valence electrons. The second-order valence-electron chi connectivity index (χ2n) is 5.63. The normalized spacial score (nSPS) is 27.2. The number of carbonyl (C=O) groups is 1. The van der Waals surface area contributed by atoms with E-state index in [1.54, 1.807) is 31.4 Å². The largest absolute Gasteiger partial charge is 0.497 e. The molecule has 0 amide bonds. The molecule has 3 fully saturated rings. The van der Waals surface area contributed by atoms with Crippen molar-refractivity contribution in [3.63, 3.8) is 0 Å². The van der Waals surface area contributed by atoms with Crippen molar-refractivity contribution in [3.8, 4) is 11.5 Å². The average Bonchev–Trinajstić information content (AvgIpc) is 2.54. The summed E-state index contributed by atoms with van der Waals surface area (Å²) in [4.78, 5) is 14.3. The van der Waals surface area contributed by atoms with E-state index in [1.165, 1.54) is 0 Å². The standard InChI is InChI=1S/C16H21NO4/c1-19-13-2-4-14(5-3-13)20-11-16(18)21-15-10-17-8-6-12(15)7-9-17/h2-5,12,15H,6-11H2,1H3/t15-/m0/s1. The number of fused-ring (bicyclic) bond motifs is 3. The van der Waals surface area contributed by atoms with Crippen LogP contribution in [0.5, 0.6) is 11.5 Å². The predicted octanol–water partition coefficient (Wildman–Crippen LogP) is 1.71. The fraction of sp³-hybridized carbons (Fsp3) is 0.562. The number of benzene rings is 1. The number of ether oxygens (including phenoxy) is 3. The average molecular weight is 291 g/mol. The van der Waals surface area contributed by atoms with Gasteiger partial charge in [-0.3, -0.25) is 4.90 Å². The molecule has 4 rings (SSSR count). The summed E-state index contributed by atoms with van der Waals surface area (Å²) in [5, 5.41) is 0. The Morgan fingerprint density at radius 3 is 2.43 bits per heavy atom. The van der Waals surface area contributed by atoms with E-state index in [2.05, 4.69) is 4.90 Å². The highest BCUT2D eigenvalue weighted by Crippen LogP contribution is 2.29. The van der Waals surface area contributed by atoms with Gasteiger partial charge in [-0.15, -0.1) is 0 Å². The summed E-state index contributed by atoms with van der Waals surface area (Å²) in [5.74, 6) is 1.64. The Bertz CT molecular complexity index is 480. The summed E-state index contributed by atoms with van der Waals surface area (Å²) in [5.41, 5.74) is 0. The highest BCUT2D eigenvalue weighted by Gasteiger charge is 2.36. The van der Waals surface area contributed by atoms with Gasteiger partial charge < -0.3 is 14.2 Å². The minimum Gasteiger partial charge on any atom is -0.497 e. The first kappa shape index (κ1) is 14.2. The maximum Gasteiger partial charge on any atom is 0.344 e. The van der Waals surface area contributed by atoms with Gasteiger partial charge in [0.15, 0.2) is 6.61 Å². The molecular formula is C16H21NO4. The molecule has 3 heterocycles. The first-order valence-corrected chi connectivity index (χ1v) is 7.43. The third-order valence-corrected chi connectivity index (χ3v) is 4.30. The summed E-state index contributed by atoms with van der Waals surface area (Å²) >= 11 is 0. The number of esters is 1. The van der Waals surface area contributed by atoms with Crippen molar-refractivity contribution in [2.75, 3.05) is 33.4 Å². The fourth-order valence-corrected chi connectivity index (χ4v) is 3.06. The highest BCUT2D eigenvalue weighted by atomic mass is 16.6. The lowest BCUT2D eigenvalue weighted by molar-refractivity contribution is -0.161. The van der Waals surface area contributed by atoms with Gasteiger partial charge in [-0.25, -0.2) is 4.79 Å². The first-order chi connectivity index (χ1) is 10.2. The second kappa shape index (κ2) is 6.35. The van der Waals surface area contributed by atoms with Crippen LogP contribution in [0.1, 0.15) is 12.8 Å². The van der Waals surface area contributed by atoms with Crippen LogP contribution in [0.3, 0.4) is 0 Å². The van der Waals surface area contributed by atoms with Crippen LogP contribution in [0, 0.1) is 5.92 Å². The molecule has 0 aliphatic carbocycles. The minimum absolute atomic E-state index is 0.0412. The summed E-state index contributed by atoms with van der Waals surface area (Å²) in [6.07, 6.45) is 2.31. The number of methoxy groups -OCH3 is 1. The lowest BCUT2D eigenvalue weighted by atomic mass is 9.86. The lowest BCUT2D eigenvalue weighted by Gasteiger charge is -2.43. The third-order valence-electron chi connectivity index (χ3n) is 4.30. The smallest absolute Gasteiger partial charge is 0.344 e. The maximum atomic E-state index is 11.9. The molecule has 5 nitrogen and oxygen atoms in total. The van der Waals surface area contributed by atoms with Crippen molar-refractivity contribution < 1.29 is 19.0 Å². The van der Waals surface area contributed by atoms with E-state index in [-0.39, 0.29) is 18.7 Å². The Balaban J connectivity index is 1.45. The summed E-state index contributed by atoms with van der Waals surface area (Å²) < 4.78 is 16.1. The Kier molecular flexibility index (Phi) is 4.29. The highest BCUT2D eigenvalue weighted by molar-refractivity contribution is 5.71. The molecule has 1 aromatic carbocycles. The topological polar surface area (TPSA) is 48.0 Å². The molecule has 0 N–H and O–H groups in total. The number of rotatable bonds is 5. The van der Waals surface area contributed by atoms with E-state index in [0.717, 1.165) is 38.2 Å². The van der Waals surface area contributed by atoms with Crippen LogP contribution in [0.2, 0.25) is 0 Å². The van der Waals surface area contributed by atoms with Crippen LogP contribution >= 0.6 is 0 Å². The van der Waals surface area contributed by atoms with Gasteiger partial charge in [0, 0.05) is 6.54 Å². The van der Waals surface area contributed by atoms with Gasteiger partial charge >= 0.3 is 5.97 Å². The SMILES string of the molecule is COc1ccc(OCC(=O)O[C@H]2CN3CCC2CC3)cc1. The van der Waals surface area contributed by atoms with Gasteiger partial charge in [-0.05, 0) is 56.1 Å². The minimum atomic E-state index is -0.287. The quantitative estimate of drug-likeness (QED) is 0.773. The van der Waals surface area contributed by atoms with Gasteiger partial charge in [0.05, 0.1) is 7.11 Å². The number of nitrogens with zero attached hydrogens (tertiary/aromatic N) is 1. The fourth-order valence-electron chi connectivity index (χ4n) is 3.06. The second-order valence-corrected chi connectivity index (χ2v) is 5.63. The van der Waals surface area contributed by atoms with Gasteiger partial charge in [0.25, 0.3) is 0 Å². The Hall–Kier alpha value is -1.75. The Morgan fingerprint density at radius 2 is 1.86 bits per heavy atom. The molecule has 3 aliphatic heterocycles. The van der Waals surface area contributed by atoms with Gasteiger partial charge in [-0.2, -0.15) is 0 Å². The molecule has 1 aromatic rings. The zero-order valence-electron chi connectivity index (χ0n) is 12.3. The number of piperidine rings is 3. The van der Waals surface area contributed by atoms with Crippen molar-refractivity contribution >= 4 is 5.97 Å². The molecule has 0 spiro atoms. The number of hydrogen-bond acceptors (Lipinski definition) is 5. The van der Waals surface area contributed by atoms with Crippen LogP contribution in [0.25, 0.3) is 0 Å². The van der Waals surface area contributed by atoms with Crippen molar-refractivity contribution in [1.82, 2.24) is 4.90 Å². The maximum absolute atomic E-state index is 11.9. The summed E-state index contributed by atoms with van der Waals surface area (Å²) in [6.45, 7) is 3.11. The van der Waals surface area contributed by atoms with Gasteiger partial charge in [0.1, 0.15) is 17.6 Å². The van der Waals surface area contributed by atoms with Crippen LogP contribution < -0.4 is 9.47 Å². The molecule has 21 heavy (non-hydrogen) atoms. The monoisotopic (exact) mass is 291 g/mol. The van der Waals surface area contributed by atoms with Crippen molar-refractivity contribution in [2.45, 2.75) is 18.9 Å². The van der Waals surface area contributed by atoms with Crippen LogP contribution in [0.15, 0.2) is 24.3 Å². The summed E-state index contributed by atoms with van der Waals surface area (Å²) in [7, 11) is 1.61.